The number of ether oxygens (including phenoxy) is 2. The summed E-state index contributed by atoms with van der Waals surface area (Å²) in [7, 11) is 2.10. The average molecular weight is 283 g/mol. The summed E-state index contributed by atoms with van der Waals surface area (Å²) in [5, 5.41) is 3.50. The largest absolute Gasteiger partial charge is 0.381 e. The van der Waals surface area contributed by atoms with Crippen LogP contribution in [-0.4, -0.2) is 38.5 Å². The van der Waals surface area contributed by atoms with Crippen molar-refractivity contribution in [2.75, 3.05) is 26.9 Å². The molecule has 2 aliphatic heterocycles. The molecule has 2 aliphatic rings. The molecule has 0 radical (unpaired) electrons. The third kappa shape index (κ3) is 4.19. The van der Waals surface area contributed by atoms with Crippen LogP contribution in [0.2, 0.25) is 0 Å². The van der Waals surface area contributed by atoms with Crippen LogP contribution in [0, 0.1) is 11.3 Å². The lowest BCUT2D eigenvalue weighted by atomic mass is 9.76. The average Bonchev–Trinajstić information content (AvgIpc) is 2.39. The zero-order valence-corrected chi connectivity index (χ0v) is 13.8. The van der Waals surface area contributed by atoms with Crippen LogP contribution in [0.3, 0.4) is 0 Å². The molecule has 2 saturated heterocycles. The van der Waals surface area contributed by atoms with E-state index in [1.54, 1.807) is 0 Å². The molecule has 2 unspecified atom stereocenters. The van der Waals surface area contributed by atoms with Crippen LogP contribution in [0.1, 0.15) is 59.3 Å². The maximum atomic E-state index is 6.14. The van der Waals surface area contributed by atoms with Gasteiger partial charge in [-0.3, -0.25) is 0 Å². The zero-order chi connectivity index (χ0) is 14.6. The van der Waals surface area contributed by atoms with Gasteiger partial charge in [-0.05, 0) is 56.9 Å². The SMILES string of the molecule is CNC(CCC1CCOC2(CCOCC2)C1)C(C)(C)C. The van der Waals surface area contributed by atoms with Crippen LogP contribution in [0.15, 0.2) is 0 Å². The highest BCUT2D eigenvalue weighted by Gasteiger charge is 2.39. The molecule has 0 amide bonds. The fourth-order valence-electron chi connectivity index (χ4n) is 3.88. The molecule has 3 heteroatoms. The number of hydrogen-bond donors (Lipinski definition) is 1. The molecule has 2 atom stereocenters. The molecule has 2 heterocycles. The Morgan fingerprint density at radius 1 is 1.20 bits per heavy atom. The summed E-state index contributed by atoms with van der Waals surface area (Å²) >= 11 is 0. The van der Waals surface area contributed by atoms with Crippen LogP contribution < -0.4 is 5.32 Å². The lowest BCUT2D eigenvalue weighted by Gasteiger charge is -2.44. The molecule has 2 rings (SSSR count). The van der Waals surface area contributed by atoms with Crippen molar-refractivity contribution in [2.24, 2.45) is 11.3 Å². The highest BCUT2D eigenvalue weighted by atomic mass is 16.5. The maximum Gasteiger partial charge on any atom is 0.0729 e. The zero-order valence-electron chi connectivity index (χ0n) is 13.8. The highest BCUT2D eigenvalue weighted by molar-refractivity contribution is 4.90. The molecular formula is C17H33NO2. The van der Waals surface area contributed by atoms with Crippen molar-refractivity contribution in [1.29, 1.82) is 0 Å². The van der Waals surface area contributed by atoms with E-state index in [2.05, 4.69) is 33.1 Å². The van der Waals surface area contributed by atoms with E-state index in [9.17, 15) is 0 Å². The molecule has 0 aromatic heterocycles. The lowest BCUT2D eigenvalue weighted by Crippen LogP contribution is -2.45. The summed E-state index contributed by atoms with van der Waals surface area (Å²) in [6, 6.07) is 0.607. The van der Waals surface area contributed by atoms with Gasteiger partial charge < -0.3 is 14.8 Å². The minimum absolute atomic E-state index is 0.151. The first-order valence-corrected chi connectivity index (χ1v) is 8.34. The Kier molecular flexibility index (Phi) is 5.49. The molecule has 0 aromatic rings. The fraction of sp³-hybridized carbons (Fsp3) is 1.00. The van der Waals surface area contributed by atoms with Gasteiger partial charge in [0.2, 0.25) is 0 Å². The first-order chi connectivity index (χ1) is 9.45. The van der Waals surface area contributed by atoms with Crippen LogP contribution in [0.4, 0.5) is 0 Å². The summed E-state index contributed by atoms with van der Waals surface area (Å²) in [6.07, 6.45) is 7.28. The minimum atomic E-state index is 0.151. The second-order valence-electron chi connectivity index (χ2n) is 7.79. The molecule has 0 aliphatic carbocycles. The van der Waals surface area contributed by atoms with Gasteiger partial charge >= 0.3 is 0 Å². The van der Waals surface area contributed by atoms with E-state index >= 15 is 0 Å². The Balaban J connectivity index is 1.83. The van der Waals surface area contributed by atoms with Gasteiger partial charge in [0.15, 0.2) is 0 Å². The van der Waals surface area contributed by atoms with Crippen molar-refractivity contribution >= 4 is 0 Å². The Morgan fingerprint density at radius 3 is 2.50 bits per heavy atom. The molecule has 3 nitrogen and oxygen atoms in total. The topological polar surface area (TPSA) is 30.5 Å². The first-order valence-electron chi connectivity index (χ1n) is 8.34. The van der Waals surface area contributed by atoms with Crippen LogP contribution in [0.5, 0.6) is 0 Å². The van der Waals surface area contributed by atoms with Crippen molar-refractivity contribution in [1.82, 2.24) is 5.32 Å². The van der Waals surface area contributed by atoms with Gasteiger partial charge in [0.05, 0.1) is 5.60 Å². The Morgan fingerprint density at radius 2 is 1.90 bits per heavy atom. The van der Waals surface area contributed by atoms with Crippen molar-refractivity contribution < 1.29 is 9.47 Å². The van der Waals surface area contributed by atoms with Crippen molar-refractivity contribution in [3.8, 4) is 0 Å². The normalized spacial score (nSPS) is 28.5. The quantitative estimate of drug-likeness (QED) is 0.858. The number of hydrogen-bond acceptors (Lipinski definition) is 3. The molecule has 118 valence electrons. The summed E-state index contributed by atoms with van der Waals surface area (Å²) in [5.41, 5.74) is 0.494. The van der Waals surface area contributed by atoms with E-state index in [0.29, 0.717) is 11.5 Å². The summed E-state index contributed by atoms with van der Waals surface area (Å²) in [5.74, 6) is 0.833. The highest BCUT2D eigenvalue weighted by Crippen LogP contribution is 2.39. The van der Waals surface area contributed by atoms with Gasteiger partial charge in [-0.1, -0.05) is 20.8 Å². The van der Waals surface area contributed by atoms with Gasteiger partial charge in [0.1, 0.15) is 0 Å². The molecule has 1 N–H and O–H groups in total. The number of nitrogens with one attached hydrogen (secondary N) is 1. The van der Waals surface area contributed by atoms with E-state index in [-0.39, 0.29) is 5.60 Å². The molecule has 0 aromatic carbocycles. The fourth-order valence-corrected chi connectivity index (χ4v) is 3.88. The van der Waals surface area contributed by atoms with Crippen LogP contribution in [-0.2, 0) is 9.47 Å². The van der Waals surface area contributed by atoms with E-state index in [1.165, 1.54) is 25.7 Å². The Hall–Kier alpha value is -0.120. The van der Waals surface area contributed by atoms with Crippen molar-refractivity contribution in [3.63, 3.8) is 0 Å². The molecule has 20 heavy (non-hydrogen) atoms. The van der Waals surface area contributed by atoms with E-state index in [4.69, 9.17) is 9.47 Å². The predicted molar refractivity (Wildman–Crippen MR) is 83.0 cm³/mol. The standard InChI is InChI=1S/C17H33NO2/c1-16(2,3)15(18-4)6-5-14-7-10-20-17(13-14)8-11-19-12-9-17/h14-15,18H,5-13H2,1-4H3. The second kappa shape index (κ2) is 6.76. The molecule has 2 fully saturated rings. The first kappa shape index (κ1) is 16.3. The Bertz CT molecular complexity index is 286. The Labute approximate surface area is 124 Å². The van der Waals surface area contributed by atoms with E-state index in [1.807, 2.05) is 0 Å². The van der Waals surface area contributed by atoms with Gasteiger partial charge in [-0.25, -0.2) is 0 Å². The third-order valence-corrected chi connectivity index (χ3v) is 5.26. The predicted octanol–water partition coefficient (Wildman–Crippen LogP) is 3.38. The summed E-state index contributed by atoms with van der Waals surface area (Å²) in [6.45, 7) is 9.71. The van der Waals surface area contributed by atoms with Gasteiger partial charge in [-0.15, -0.1) is 0 Å². The van der Waals surface area contributed by atoms with E-state index < -0.39 is 0 Å². The molecular weight excluding hydrogens is 250 g/mol. The monoisotopic (exact) mass is 283 g/mol. The smallest absolute Gasteiger partial charge is 0.0729 e. The van der Waals surface area contributed by atoms with Crippen LogP contribution >= 0.6 is 0 Å². The summed E-state index contributed by atoms with van der Waals surface area (Å²) < 4.78 is 11.6. The molecule has 1 spiro atoms. The van der Waals surface area contributed by atoms with Crippen molar-refractivity contribution in [3.05, 3.63) is 0 Å². The summed E-state index contributed by atoms with van der Waals surface area (Å²) in [4.78, 5) is 0. The number of rotatable bonds is 4. The second-order valence-corrected chi connectivity index (χ2v) is 7.79. The lowest BCUT2D eigenvalue weighted by molar-refractivity contribution is -0.147. The maximum absolute atomic E-state index is 6.14. The molecule has 0 bridgehead atoms. The van der Waals surface area contributed by atoms with Gasteiger partial charge in [-0.2, -0.15) is 0 Å². The molecule has 0 saturated carbocycles. The minimum Gasteiger partial charge on any atom is -0.381 e. The van der Waals surface area contributed by atoms with E-state index in [0.717, 1.165) is 38.6 Å². The third-order valence-electron chi connectivity index (χ3n) is 5.26. The van der Waals surface area contributed by atoms with Gasteiger partial charge in [0.25, 0.3) is 0 Å². The van der Waals surface area contributed by atoms with Crippen LogP contribution in [0.25, 0.3) is 0 Å². The van der Waals surface area contributed by atoms with Crippen molar-refractivity contribution in [2.45, 2.75) is 70.9 Å². The van der Waals surface area contributed by atoms with Gasteiger partial charge in [0, 0.05) is 25.9 Å².